The Morgan fingerprint density at radius 2 is 1.82 bits per heavy atom. The van der Waals surface area contributed by atoms with Crippen LogP contribution in [0.4, 0.5) is 0 Å². The molecule has 1 aromatic heterocycles. The number of benzene rings is 3. The average molecular weight is 461 g/mol. The first-order valence-corrected chi connectivity index (χ1v) is 10.9. The molecule has 0 bridgehead atoms. The predicted molar refractivity (Wildman–Crippen MR) is 127 cm³/mol. The fraction of sp³-hybridized carbons (Fsp3) is 0.192. The van der Waals surface area contributed by atoms with E-state index in [1.807, 2.05) is 19.9 Å². The van der Waals surface area contributed by atoms with Gasteiger partial charge in [-0.05, 0) is 66.1 Å². The number of carboxylic acid groups (broad SMARTS) is 1. The van der Waals surface area contributed by atoms with E-state index in [2.05, 4.69) is 0 Å². The van der Waals surface area contributed by atoms with Crippen molar-refractivity contribution >= 4 is 34.4 Å². The number of hydrogen-bond acceptors (Lipinski definition) is 3. The molecule has 0 radical (unpaired) electrons. The fourth-order valence-electron chi connectivity index (χ4n) is 4.63. The van der Waals surface area contributed by atoms with Crippen molar-refractivity contribution in [1.82, 2.24) is 9.13 Å². The van der Waals surface area contributed by atoms with Crippen LogP contribution in [0.3, 0.4) is 0 Å². The van der Waals surface area contributed by atoms with Crippen molar-refractivity contribution < 1.29 is 14.7 Å². The van der Waals surface area contributed by atoms with Crippen LogP contribution in [0.1, 0.15) is 45.7 Å². The van der Waals surface area contributed by atoms with Crippen molar-refractivity contribution in [2.75, 3.05) is 0 Å². The largest absolute Gasteiger partial charge is 0.478 e. The molecule has 0 atom stereocenters. The molecule has 0 saturated carbocycles. The van der Waals surface area contributed by atoms with Gasteiger partial charge in [-0.25, -0.2) is 9.59 Å². The van der Waals surface area contributed by atoms with Gasteiger partial charge < -0.3 is 5.11 Å². The lowest BCUT2D eigenvalue weighted by atomic mass is 9.89. The number of carboxylic acids is 1. The fourth-order valence-corrected chi connectivity index (χ4v) is 4.79. The first-order chi connectivity index (χ1) is 15.7. The summed E-state index contributed by atoms with van der Waals surface area (Å²) in [6.07, 6.45) is 0.616. The van der Waals surface area contributed by atoms with Gasteiger partial charge in [-0.3, -0.25) is 13.9 Å². The van der Waals surface area contributed by atoms with Gasteiger partial charge in [-0.2, -0.15) is 0 Å². The first-order valence-electron chi connectivity index (χ1n) is 10.6. The Balaban J connectivity index is 1.68. The lowest BCUT2D eigenvalue weighted by Crippen LogP contribution is -2.24. The monoisotopic (exact) mass is 460 g/mol. The number of nitrogens with zero attached hydrogens (tertiary/aromatic N) is 2. The van der Waals surface area contributed by atoms with Crippen molar-refractivity contribution in [2.45, 2.75) is 26.8 Å². The summed E-state index contributed by atoms with van der Waals surface area (Å²) in [4.78, 5) is 37.6. The molecule has 1 heterocycles. The maximum Gasteiger partial charge on any atom is 0.335 e. The molecule has 166 valence electrons. The highest BCUT2D eigenvalue weighted by atomic mass is 35.5. The van der Waals surface area contributed by atoms with Gasteiger partial charge in [0.2, 0.25) is 0 Å². The second-order valence-electron chi connectivity index (χ2n) is 9.07. The number of aromatic nitrogens is 2. The molecular formula is C26H21ClN2O4. The van der Waals surface area contributed by atoms with Gasteiger partial charge in [-0.1, -0.05) is 37.6 Å². The lowest BCUT2D eigenvalue weighted by Gasteiger charge is -2.12. The summed E-state index contributed by atoms with van der Waals surface area (Å²) in [6.45, 7) is 4.07. The van der Waals surface area contributed by atoms with E-state index in [9.17, 15) is 19.5 Å². The zero-order valence-corrected chi connectivity index (χ0v) is 18.9. The molecule has 0 saturated heterocycles. The predicted octanol–water partition coefficient (Wildman–Crippen LogP) is 4.96. The van der Waals surface area contributed by atoms with E-state index in [0.717, 1.165) is 5.56 Å². The van der Waals surface area contributed by atoms with E-state index < -0.39 is 11.4 Å². The summed E-state index contributed by atoms with van der Waals surface area (Å²) in [5, 5.41) is 9.80. The number of imidazole rings is 1. The maximum atomic E-state index is 13.6. The van der Waals surface area contributed by atoms with Crippen molar-refractivity contribution in [3.8, 4) is 5.69 Å². The third kappa shape index (κ3) is 3.47. The van der Waals surface area contributed by atoms with E-state index in [1.165, 1.54) is 6.07 Å². The number of aromatic carboxylic acids is 1. The maximum absolute atomic E-state index is 13.6. The molecule has 33 heavy (non-hydrogen) atoms. The first kappa shape index (κ1) is 21.2. The number of carbonyl (C=O) groups excluding carboxylic acids is 1. The minimum atomic E-state index is -1.02. The van der Waals surface area contributed by atoms with Crippen molar-refractivity contribution in [1.29, 1.82) is 0 Å². The Labute approximate surface area is 194 Å². The van der Waals surface area contributed by atoms with Gasteiger partial charge in [0, 0.05) is 16.0 Å². The molecule has 0 spiro atoms. The van der Waals surface area contributed by atoms with Crippen LogP contribution in [0.15, 0.2) is 65.5 Å². The quantitative estimate of drug-likeness (QED) is 0.467. The zero-order chi connectivity index (χ0) is 23.5. The summed E-state index contributed by atoms with van der Waals surface area (Å²) in [7, 11) is 0. The number of fused-ring (bicyclic) bond motifs is 2. The van der Waals surface area contributed by atoms with Crippen LogP contribution >= 0.6 is 11.6 Å². The van der Waals surface area contributed by atoms with Gasteiger partial charge >= 0.3 is 11.7 Å². The second kappa shape index (κ2) is 7.46. The van der Waals surface area contributed by atoms with E-state index in [-0.39, 0.29) is 23.6 Å². The van der Waals surface area contributed by atoms with Crippen molar-refractivity contribution in [2.24, 2.45) is 5.41 Å². The van der Waals surface area contributed by atoms with Gasteiger partial charge in [-0.15, -0.1) is 0 Å². The molecule has 0 aliphatic heterocycles. The molecule has 1 N–H and O–H groups in total. The van der Waals surface area contributed by atoms with E-state index in [0.29, 0.717) is 39.3 Å². The lowest BCUT2D eigenvalue weighted by molar-refractivity contribution is 0.0696. The highest BCUT2D eigenvalue weighted by molar-refractivity contribution is 6.31. The number of rotatable bonds is 4. The number of hydrogen-bond donors (Lipinski definition) is 1. The molecule has 7 heteroatoms. The van der Waals surface area contributed by atoms with Gasteiger partial charge in [0.25, 0.3) is 0 Å². The smallest absolute Gasteiger partial charge is 0.335 e. The molecular weight excluding hydrogens is 440 g/mol. The molecule has 0 unspecified atom stereocenters. The summed E-state index contributed by atoms with van der Waals surface area (Å²) in [6, 6.07) is 17.3. The summed E-state index contributed by atoms with van der Waals surface area (Å²) >= 11 is 6.27. The molecule has 3 aromatic carbocycles. The van der Waals surface area contributed by atoms with Crippen LogP contribution in [-0.2, 0) is 13.0 Å². The Morgan fingerprint density at radius 3 is 2.58 bits per heavy atom. The molecule has 0 fully saturated rings. The summed E-state index contributed by atoms with van der Waals surface area (Å²) in [5.74, 6) is -0.908. The number of carbonyl (C=O) groups is 2. The molecule has 5 rings (SSSR count). The Morgan fingerprint density at radius 1 is 1.03 bits per heavy atom. The molecule has 6 nitrogen and oxygen atoms in total. The SMILES string of the molecule is CC1(C)Cc2cc(-n3c(=O)n(Cc4cccc(C(=O)O)c4)c4ccc(Cl)cc43)ccc2C1=O. The third-order valence-electron chi connectivity index (χ3n) is 6.24. The Kier molecular flexibility index (Phi) is 4.79. The molecule has 0 amide bonds. The Hall–Kier alpha value is -3.64. The van der Waals surface area contributed by atoms with Crippen LogP contribution in [0, 0.1) is 5.41 Å². The number of halogens is 1. The molecule has 1 aliphatic rings. The van der Waals surface area contributed by atoms with Gasteiger partial charge in [0.05, 0.1) is 28.8 Å². The highest BCUT2D eigenvalue weighted by Gasteiger charge is 2.37. The topological polar surface area (TPSA) is 81.3 Å². The van der Waals surface area contributed by atoms with Gasteiger partial charge in [0.15, 0.2) is 5.78 Å². The van der Waals surface area contributed by atoms with Crippen molar-refractivity contribution in [3.63, 3.8) is 0 Å². The standard InChI is InChI=1S/C26H21ClN2O4/c1-26(2)13-17-11-19(7-8-20(17)23(26)30)29-22-12-18(27)6-9-21(22)28(25(29)33)14-15-4-3-5-16(10-15)24(31)32/h3-12H,13-14H2,1-2H3,(H,31,32). The van der Waals surface area contributed by atoms with Crippen LogP contribution in [0.2, 0.25) is 5.02 Å². The van der Waals surface area contributed by atoms with Gasteiger partial charge in [0.1, 0.15) is 0 Å². The Bertz CT molecular complexity index is 1530. The van der Waals surface area contributed by atoms with Crippen LogP contribution in [0.5, 0.6) is 0 Å². The normalized spacial score (nSPS) is 14.6. The minimum Gasteiger partial charge on any atom is -0.478 e. The highest BCUT2D eigenvalue weighted by Crippen LogP contribution is 2.37. The van der Waals surface area contributed by atoms with E-state index in [1.54, 1.807) is 57.7 Å². The van der Waals surface area contributed by atoms with E-state index in [4.69, 9.17) is 11.6 Å². The number of ketones is 1. The van der Waals surface area contributed by atoms with Crippen molar-refractivity contribution in [3.05, 3.63) is 98.4 Å². The van der Waals surface area contributed by atoms with Crippen LogP contribution < -0.4 is 5.69 Å². The molecule has 4 aromatic rings. The zero-order valence-electron chi connectivity index (χ0n) is 18.1. The molecule has 1 aliphatic carbocycles. The minimum absolute atomic E-state index is 0.111. The summed E-state index contributed by atoms with van der Waals surface area (Å²) < 4.78 is 3.20. The number of Topliss-reactive ketones (excluding diaryl/α,β-unsaturated/α-hetero) is 1. The van der Waals surface area contributed by atoms with Crippen LogP contribution in [0.25, 0.3) is 16.7 Å². The second-order valence-corrected chi connectivity index (χ2v) is 9.51. The van der Waals surface area contributed by atoms with E-state index >= 15 is 0 Å². The average Bonchev–Trinajstić information content (AvgIpc) is 3.16. The third-order valence-corrected chi connectivity index (χ3v) is 6.48. The van der Waals surface area contributed by atoms with Crippen LogP contribution in [-0.4, -0.2) is 26.0 Å². The summed E-state index contributed by atoms with van der Waals surface area (Å²) in [5.41, 5.74) is 3.75.